The molecule has 2 aromatic heterocycles. The van der Waals surface area contributed by atoms with Gasteiger partial charge in [-0.2, -0.15) is 5.10 Å². The Hall–Kier alpha value is -4.82. The maximum absolute atomic E-state index is 14.1. The van der Waals surface area contributed by atoms with Crippen LogP contribution in [-0.4, -0.2) is 20.3 Å². The van der Waals surface area contributed by atoms with Gasteiger partial charge in [0, 0.05) is 16.9 Å². The number of para-hydroxylation sites is 2. The predicted octanol–water partition coefficient (Wildman–Crippen LogP) is 4.98. The zero-order chi connectivity index (χ0) is 28.7. The van der Waals surface area contributed by atoms with Crippen molar-refractivity contribution in [3.05, 3.63) is 144 Å². The maximum atomic E-state index is 14.1. The Morgan fingerprint density at radius 2 is 1.56 bits per heavy atom. The Morgan fingerprint density at radius 3 is 2.27 bits per heavy atom. The molecular weight excluding hydrogens is 530 g/mol. The van der Waals surface area contributed by atoms with E-state index in [1.807, 2.05) is 123 Å². The monoisotopic (exact) mass is 559 g/mol. The molecule has 0 fully saturated rings. The summed E-state index contributed by atoms with van der Waals surface area (Å²) in [7, 11) is 0. The van der Waals surface area contributed by atoms with E-state index >= 15 is 0 Å². The summed E-state index contributed by atoms with van der Waals surface area (Å²) in [6.07, 6.45) is 1.90. The lowest BCUT2D eigenvalue weighted by Gasteiger charge is -2.25. The van der Waals surface area contributed by atoms with Gasteiger partial charge in [-0.1, -0.05) is 78.1 Å². The first-order valence-electron chi connectivity index (χ1n) is 13.4. The fourth-order valence-electron chi connectivity index (χ4n) is 5.28. The quantitative estimate of drug-likeness (QED) is 0.330. The summed E-state index contributed by atoms with van der Waals surface area (Å²) in [5, 5.41) is 7.79. The number of allylic oxidation sites excluding steroid dienone is 1. The number of nitrogens with one attached hydrogen (secondary N) is 1. The van der Waals surface area contributed by atoms with Gasteiger partial charge in [0.05, 0.1) is 33.2 Å². The van der Waals surface area contributed by atoms with E-state index in [9.17, 15) is 9.59 Å². The van der Waals surface area contributed by atoms with E-state index in [0.717, 1.165) is 39.5 Å². The minimum atomic E-state index is -0.618. The van der Waals surface area contributed by atoms with Gasteiger partial charge in [-0.3, -0.25) is 14.2 Å². The largest absolute Gasteiger partial charge is 0.322 e. The van der Waals surface area contributed by atoms with E-state index in [1.54, 1.807) is 4.57 Å². The summed E-state index contributed by atoms with van der Waals surface area (Å²) in [5.74, 6) is -0.278. The number of carbonyl (C=O) groups is 1. The zero-order valence-electron chi connectivity index (χ0n) is 23.3. The first kappa shape index (κ1) is 26.4. The third kappa shape index (κ3) is 4.76. The highest BCUT2D eigenvalue weighted by Gasteiger charge is 2.32. The molecule has 5 aromatic rings. The van der Waals surface area contributed by atoms with E-state index in [1.165, 1.54) is 11.3 Å². The van der Waals surface area contributed by atoms with Crippen LogP contribution in [0.15, 0.2) is 106 Å². The molecule has 0 spiro atoms. The Bertz CT molecular complexity index is 2000. The maximum Gasteiger partial charge on any atom is 0.271 e. The molecule has 6 rings (SSSR count). The number of anilines is 1. The number of aromatic nitrogens is 3. The highest BCUT2D eigenvalue weighted by Crippen LogP contribution is 2.31. The van der Waals surface area contributed by atoms with Crippen LogP contribution in [-0.2, 0) is 4.79 Å². The number of aryl methyl sites for hydroxylation is 2. The van der Waals surface area contributed by atoms with Crippen LogP contribution in [0.2, 0.25) is 0 Å². The van der Waals surface area contributed by atoms with E-state index in [-0.39, 0.29) is 11.5 Å². The SMILES string of the molecule is CC1=C(C(=O)Nc2ccccc2C)C(c2ccccc2)n2c(s/c(=C/c3c(C)nn(-c4ccccc4)c3C)c2=O)=N1. The summed E-state index contributed by atoms with van der Waals surface area (Å²) >= 11 is 1.33. The van der Waals surface area contributed by atoms with Crippen molar-refractivity contribution in [1.29, 1.82) is 0 Å². The Kier molecular flexibility index (Phi) is 6.85. The molecule has 1 N–H and O–H groups in total. The third-order valence-electron chi connectivity index (χ3n) is 7.40. The second-order valence-corrected chi connectivity index (χ2v) is 11.1. The minimum Gasteiger partial charge on any atom is -0.322 e. The molecule has 41 heavy (non-hydrogen) atoms. The smallest absolute Gasteiger partial charge is 0.271 e. The summed E-state index contributed by atoms with van der Waals surface area (Å²) in [5.41, 5.74) is 6.97. The lowest BCUT2D eigenvalue weighted by Crippen LogP contribution is -2.40. The molecule has 1 amide bonds. The van der Waals surface area contributed by atoms with Gasteiger partial charge in [-0.25, -0.2) is 9.67 Å². The molecule has 0 radical (unpaired) electrons. The number of carbonyl (C=O) groups excluding carboxylic acids is 1. The van der Waals surface area contributed by atoms with E-state index in [2.05, 4.69) is 5.32 Å². The standard InChI is InChI=1S/C33H29N5O2S/c1-20-13-11-12-18-27(20)35-31(39)29-22(3)34-33-37(30(29)24-14-7-5-8-15-24)32(40)28(41-33)19-26-21(2)36-38(23(26)4)25-16-9-6-10-17-25/h5-19,30H,1-4H3,(H,35,39)/b28-19+. The second kappa shape index (κ2) is 10.6. The first-order chi connectivity index (χ1) is 19.8. The first-order valence-corrected chi connectivity index (χ1v) is 14.2. The van der Waals surface area contributed by atoms with Gasteiger partial charge < -0.3 is 5.32 Å². The van der Waals surface area contributed by atoms with Crippen molar-refractivity contribution < 1.29 is 4.79 Å². The molecule has 204 valence electrons. The summed E-state index contributed by atoms with van der Waals surface area (Å²) in [6, 6.07) is 26.6. The highest BCUT2D eigenvalue weighted by molar-refractivity contribution is 7.07. The van der Waals surface area contributed by atoms with Gasteiger partial charge >= 0.3 is 0 Å². The summed E-state index contributed by atoms with van der Waals surface area (Å²) in [6.45, 7) is 7.73. The lowest BCUT2D eigenvalue weighted by molar-refractivity contribution is -0.113. The predicted molar refractivity (Wildman–Crippen MR) is 163 cm³/mol. The summed E-state index contributed by atoms with van der Waals surface area (Å²) < 4.78 is 4.08. The Morgan fingerprint density at radius 1 is 0.902 bits per heavy atom. The van der Waals surface area contributed by atoms with Crippen molar-refractivity contribution in [3.63, 3.8) is 0 Å². The molecule has 0 saturated heterocycles. The second-order valence-electron chi connectivity index (χ2n) is 10.1. The number of hydrogen-bond acceptors (Lipinski definition) is 5. The van der Waals surface area contributed by atoms with Crippen LogP contribution in [0, 0.1) is 20.8 Å². The molecule has 8 heteroatoms. The number of benzene rings is 3. The van der Waals surface area contributed by atoms with E-state index < -0.39 is 6.04 Å². The lowest BCUT2D eigenvalue weighted by atomic mass is 9.95. The minimum absolute atomic E-state index is 0.192. The molecule has 3 aromatic carbocycles. The van der Waals surface area contributed by atoms with Crippen LogP contribution in [0.25, 0.3) is 11.8 Å². The molecule has 7 nitrogen and oxygen atoms in total. The molecule has 1 aliphatic rings. The van der Waals surface area contributed by atoms with Gasteiger partial charge in [0.1, 0.15) is 0 Å². The van der Waals surface area contributed by atoms with Crippen LogP contribution in [0.5, 0.6) is 0 Å². The van der Waals surface area contributed by atoms with Crippen LogP contribution >= 0.6 is 11.3 Å². The Labute approximate surface area is 241 Å². The third-order valence-corrected chi connectivity index (χ3v) is 8.38. The van der Waals surface area contributed by atoms with Gasteiger partial charge in [-0.05, 0) is 63.1 Å². The van der Waals surface area contributed by atoms with Gasteiger partial charge in [0.2, 0.25) is 0 Å². The topological polar surface area (TPSA) is 81.3 Å². The van der Waals surface area contributed by atoms with Crippen LogP contribution in [0.1, 0.15) is 41.0 Å². The number of hydrogen-bond donors (Lipinski definition) is 1. The normalized spacial score (nSPS) is 15.0. The molecule has 0 aliphatic carbocycles. The number of rotatable bonds is 5. The van der Waals surface area contributed by atoms with Crippen molar-refractivity contribution >= 4 is 29.0 Å². The number of nitrogens with zero attached hydrogens (tertiary/aromatic N) is 4. The van der Waals surface area contributed by atoms with Gasteiger partial charge in [0.25, 0.3) is 11.5 Å². The zero-order valence-corrected chi connectivity index (χ0v) is 24.1. The van der Waals surface area contributed by atoms with Crippen LogP contribution in [0.4, 0.5) is 5.69 Å². The van der Waals surface area contributed by atoms with E-state index in [4.69, 9.17) is 10.1 Å². The average molecular weight is 560 g/mol. The van der Waals surface area contributed by atoms with Crippen molar-refractivity contribution in [2.24, 2.45) is 4.99 Å². The number of fused-ring (bicyclic) bond motifs is 1. The van der Waals surface area contributed by atoms with E-state index in [0.29, 0.717) is 20.6 Å². The number of amides is 1. The van der Waals surface area contributed by atoms with Crippen LogP contribution < -0.4 is 20.2 Å². The van der Waals surface area contributed by atoms with Gasteiger partial charge in [0.15, 0.2) is 4.80 Å². The van der Waals surface area contributed by atoms with Crippen molar-refractivity contribution in [1.82, 2.24) is 14.3 Å². The van der Waals surface area contributed by atoms with Crippen molar-refractivity contribution in [3.8, 4) is 5.69 Å². The Balaban J connectivity index is 1.49. The molecule has 0 bridgehead atoms. The fourth-order valence-corrected chi connectivity index (χ4v) is 6.31. The molecule has 3 heterocycles. The van der Waals surface area contributed by atoms with Crippen LogP contribution in [0.3, 0.4) is 0 Å². The van der Waals surface area contributed by atoms with Crippen molar-refractivity contribution in [2.75, 3.05) is 5.32 Å². The molecule has 1 aliphatic heterocycles. The number of thiazole rings is 1. The highest BCUT2D eigenvalue weighted by atomic mass is 32.1. The molecular formula is C33H29N5O2S. The molecule has 1 unspecified atom stereocenters. The molecule has 0 saturated carbocycles. The molecule has 1 atom stereocenters. The summed E-state index contributed by atoms with van der Waals surface area (Å²) in [4.78, 5) is 33.2. The average Bonchev–Trinajstić information content (AvgIpc) is 3.44. The fraction of sp³-hybridized carbons (Fsp3) is 0.152. The van der Waals surface area contributed by atoms with Crippen molar-refractivity contribution in [2.45, 2.75) is 33.7 Å². The van der Waals surface area contributed by atoms with Gasteiger partial charge in [-0.15, -0.1) is 0 Å².